The molecule has 1 aromatic carbocycles. The number of rotatable bonds is 5. The molecule has 0 bridgehead atoms. The molecule has 1 N–H and O–H groups in total. The second-order valence-corrected chi connectivity index (χ2v) is 9.69. The van der Waals surface area contributed by atoms with Crippen molar-refractivity contribution >= 4 is 33.2 Å². The lowest BCUT2D eigenvalue weighted by Crippen LogP contribution is -2.35. The van der Waals surface area contributed by atoms with Crippen molar-refractivity contribution in [3.63, 3.8) is 0 Å². The molecular formula is C19H28ClN3O3S. The monoisotopic (exact) mass is 413 g/mol. The minimum atomic E-state index is -3.56. The van der Waals surface area contributed by atoms with Crippen molar-refractivity contribution in [3.8, 4) is 0 Å². The largest absolute Gasteiger partial charge is 0.324 e. The molecule has 6 nitrogen and oxygen atoms in total. The van der Waals surface area contributed by atoms with Gasteiger partial charge in [0.25, 0.3) is 0 Å². The van der Waals surface area contributed by atoms with Gasteiger partial charge >= 0.3 is 0 Å². The van der Waals surface area contributed by atoms with Crippen LogP contribution in [0.5, 0.6) is 0 Å². The van der Waals surface area contributed by atoms with Crippen LogP contribution >= 0.6 is 11.6 Å². The Morgan fingerprint density at radius 3 is 2.22 bits per heavy atom. The lowest BCUT2D eigenvalue weighted by atomic mass is 10.2. The molecule has 27 heavy (non-hydrogen) atoms. The molecule has 0 unspecified atom stereocenters. The van der Waals surface area contributed by atoms with Crippen LogP contribution in [0.4, 0.5) is 5.69 Å². The van der Waals surface area contributed by atoms with Crippen molar-refractivity contribution in [3.05, 3.63) is 23.2 Å². The molecule has 0 saturated carbocycles. The fourth-order valence-electron chi connectivity index (χ4n) is 3.70. The summed E-state index contributed by atoms with van der Waals surface area (Å²) in [7, 11) is -3.56. The van der Waals surface area contributed by atoms with E-state index >= 15 is 0 Å². The first-order chi connectivity index (χ1) is 13.0. The van der Waals surface area contributed by atoms with E-state index in [1.54, 1.807) is 6.07 Å². The number of hydrogen-bond acceptors (Lipinski definition) is 4. The number of anilines is 1. The number of sulfonamides is 1. The summed E-state index contributed by atoms with van der Waals surface area (Å²) in [4.78, 5) is 14.8. The van der Waals surface area contributed by atoms with E-state index in [0.29, 0.717) is 30.3 Å². The van der Waals surface area contributed by atoms with Crippen LogP contribution in [0.2, 0.25) is 5.02 Å². The third-order valence-electron chi connectivity index (χ3n) is 5.23. The first-order valence-corrected chi connectivity index (χ1v) is 11.6. The summed E-state index contributed by atoms with van der Waals surface area (Å²) in [5.41, 5.74) is 0.356. The third-order valence-corrected chi connectivity index (χ3v) is 7.45. The molecule has 2 heterocycles. The van der Waals surface area contributed by atoms with Gasteiger partial charge in [0.1, 0.15) is 0 Å². The minimum Gasteiger partial charge on any atom is -0.324 e. The fourth-order valence-corrected chi connectivity index (χ4v) is 5.41. The van der Waals surface area contributed by atoms with E-state index in [9.17, 15) is 13.2 Å². The third kappa shape index (κ3) is 5.44. The Morgan fingerprint density at radius 2 is 1.56 bits per heavy atom. The van der Waals surface area contributed by atoms with Gasteiger partial charge in [-0.25, -0.2) is 8.42 Å². The van der Waals surface area contributed by atoms with Crippen LogP contribution in [-0.4, -0.2) is 56.3 Å². The molecule has 0 spiro atoms. The van der Waals surface area contributed by atoms with E-state index in [-0.39, 0.29) is 10.8 Å². The van der Waals surface area contributed by atoms with Crippen LogP contribution in [0.25, 0.3) is 0 Å². The van der Waals surface area contributed by atoms with Crippen molar-refractivity contribution in [2.24, 2.45) is 0 Å². The first kappa shape index (κ1) is 20.6. The van der Waals surface area contributed by atoms with Gasteiger partial charge < -0.3 is 5.32 Å². The number of amides is 1. The highest BCUT2D eigenvalue weighted by Crippen LogP contribution is 2.28. The van der Waals surface area contributed by atoms with Crippen LogP contribution in [0.1, 0.15) is 44.9 Å². The van der Waals surface area contributed by atoms with Crippen LogP contribution < -0.4 is 5.32 Å². The zero-order valence-electron chi connectivity index (χ0n) is 15.6. The van der Waals surface area contributed by atoms with Crippen LogP contribution in [0.15, 0.2) is 23.1 Å². The van der Waals surface area contributed by atoms with E-state index < -0.39 is 10.0 Å². The molecule has 1 aromatic rings. The Balaban J connectivity index is 1.70. The molecule has 8 heteroatoms. The van der Waals surface area contributed by atoms with Gasteiger partial charge in [0, 0.05) is 13.1 Å². The number of hydrogen-bond donors (Lipinski definition) is 1. The topological polar surface area (TPSA) is 69.7 Å². The predicted molar refractivity (Wildman–Crippen MR) is 108 cm³/mol. The highest BCUT2D eigenvalue weighted by Gasteiger charge is 2.26. The van der Waals surface area contributed by atoms with Crippen molar-refractivity contribution in [1.29, 1.82) is 0 Å². The van der Waals surface area contributed by atoms with Gasteiger partial charge in [-0.3, -0.25) is 9.69 Å². The highest BCUT2D eigenvalue weighted by atomic mass is 35.5. The Morgan fingerprint density at radius 1 is 0.963 bits per heavy atom. The van der Waals surface area contributed by atoms with Gasteiger partial charge in [-0.15, -0.1) is 0 Å². The molecule has 2 fully saturated rings. The molecule has 150 valence electrons. The van der Waals surface area contributed by atoms with Gasteiger partial charge in [0.2, 0.25) is 15.9 Å². The number of halogens is 1. The molecule has 0 aliphatic carbocycles. The number of piperidine rings is 1. The quantitative estimate of drug-likeness (QED) is 0.803. The molecule has 1 amide bonds. The smallest absolute Gasteiger partial charge is 0.243 e. The summed E-state index contributed by atoms with van der Waals surface area (Å²) in [5.74, 6) is -0.161. The lowest BCUT2D eigenvalue weighted by Gasteiger charge is -2.26. The normalized spacial score (nSPS) is 20.2. The Labute approximate surface area is 166 Å². The van der Waals surface area contributed by atoms with E-state index in [1.807, 2.05) is 0 Å². The summed E-state index contributed by atoms with van der Waals surface area (Å²) in [5, 5.41) is 3.14. The maximum Gasteiger partial charge on any atom is 0.243 e. The van der Waals surface area contributed by atoms with Crippen molar-refractivity contribution in [2.45, 2.75) is 49.8 Å². The molecule has 2 aliphatic rings. The van der Waals surface area contributed by atoms with Gasteiger partial charge in [-0.1, -0.05) is 30.9 Å². The Bertz CT molecular complexity index is 755. The zero-order valence-corrected chi connectivity index (χ0v) is 17.2. The van der Waals surface area contributed by atoms with Crippen molar-refractivity contribution in [2.75, 3.05) is 38.0 Å². The van der Waals surface area contributed by atoms with E-state index in [2.05, 4.69) is 10.2 Å². The second kappa shape index (κ2) is 9.37. The number of nitrogens with one attached hydrogen (secondary N) is 1. The molecule has 0 atom stereocenters. The number of likely N-dealkylation sites (tertiary alicyclic amines) is 1. The summed E-state index contributed by atoms with van der Waals surface area (Å²) < 4.78 is 27.2. The van der Waals surface area contributed by atoms with Crippen LogP contribution in [-0.2, 0) is 14.8 Å². The molecule has 3 rings (SSSR count). The maximum absolute atomic E-state index is 12.9. The summed E-state index contributed by atoms with van der Waals surface area (Å²) in [6.07, 6.45) is 7.46. The summed E-state index contributed by atoms with van der Waals surface area (Å²) >= 11 is 6.21. The standard InChI is InChI=1S/C19H28ClN3O3S/c20-17-9-8-16(27(25,26)23-12-6-3-7-13-23)14-18(17)21-19(24)15-22-10-4-1-2-5-11-22/h8-9,14H,1-7,10-13,15H2,(H,21,24). The molecular weight excluding hydrogens is 386 g/mol. The number of benzene rings is 1. The molecule has 0 radical (unpaired) electrons. The Hall–Kier alpha value is -1.15. The first-order valence-electron chi connectivity index (χ1n) is 9.79. The van der Waals surface area contributed by atoms with Crippen LogP contribution in [0.3, 0.4) is 0 Å². The Kier molecular flexibility index (Phi) is 7.14. The van der Waals surface area contributed by atoms with E-state index in [4.69, 9.17) is 11.6 Å². The zero-order chi connectivity index (χ0) is 19.3. The number of nitrogens with zero attached hydrogens (tertiary/aromatic N) is 2. The van der Waals surface area contributed by atoms with Crippen LogP contribution in [0, 0.1) is 0 Å². The average Bonchev–Trinajstić information content (AvgIpc) is 2.92. The van der Waals surface area contributed by atoms with Gasteiger partial charge in [0.15, 0.2) is 0 Å². The minimum absolute atomic E-state index is 0.161. The molecule has 0 aromatic heterocycles. The average molecular weight is 414 g/mol. The summed E-state index contributed by atoms with van der Waals surface area (Å²) in [6.45, 7) is 3.23. The maximum atomic E-state index is 12.9. The van der Waals surface area contributed by atoms with Gasteiger partial charge in [-0.2, -0.15) is 4.31 Å². The van der Waals surface area contributed by atoms with Gasteiger partial charge in [-0.05, 0) is 57.0 Å². The fraction of sp³-hybridized carbons (Fsp3) is 0.632. The van der Waals surface area contributed by atoms with Crippen molar-refractivity contribution < 1.29 is 13.2 Å². The van der Waals surface area contributed by atoms with E-state index in [0.717, 1.165) is 45.2 Å². The summed E-state index contributed by atoms with van der Waals surface area (Å²) in [6, 6.07) is 4.53. The second-order valence-electron chi connectivity index (χ2n) is 7.34. The number of carbonyl (C=O) groups is 1. The number of carbonyl (C=O) groups excluding carboxylic acids is 1. The van der Waals surface area contributed by atoms with Crippen molar-refractivity contribution in [1.82, 2.24) is 9.21 Å². The van der Waals surface area contributed by atoms with E-state index in [1.165, 1.54) is 29.3 Å². The van der Waals surface area contributed by atoms with Gasteiger partial charge in [0.05, 0.1) is 22.2 Å². The molecule has 2 saturated heterocycles. The predicted octanol–water partition coefficient (Wildman–Crippen LogP) is 3.33. The highest BCUT2D eigenvalue weighted by molar-refractivity contribution is 7.89. The SMILES string of the molecule is O=C(CN1CCCCCC1)Nc1cc(S(=O)(=O)N2CCCCC2)ccc1Cl. The lowest BCUT2D eigenvalue weighted by molar-refractivity contribution is -0.117. The molecule has 2 aliphatic heterocycles.